The molecule has 0 unspecified atom stereocenters. The first-order chi connectivity index (χ1) is 10.6. The van der Waals surface area contributed by atoms with Gasteiger partial charge in [-0.15, -0.1) is 0 Å². The molecule has 1 aromatic heterocycles. The first-order valence-corrected chi connectivity index (χ1v) is 6.78. The lowest BCUT2D eigenvalue weighted by molar-refractivity contribution is 0.0687. The summed E-state index contributed by atoms with van der Waals surface area (Å²) in [5.41, 5.74) is 1.49. The van der Waals surface area contributed by atoms with E-state index in [1.165, 1.54) is 22.9 Å². The minimum Gasteiger partial charge on any atom is -0.477 e. The smallest absolute Gasteiger partial charge is 0.354 e. The Labute approximate surface area is 130 Å². The molecule has 0 radical (unpaired) electrons. The van der Waals surface area contributed by atoms with Gasteiger partial charge in [0.1, 0.15) is 5.82 Å². The number of aromatic carboxylic acids is 1. The number of hydrogen-bond donors (Lipinski definition) is 1. The average Bonchev–Trinajstić information content (AvgIpc) is 2.93. The minimum atomic E-state index is -1.12. The zero-order chi connectivity index (χ0) is 15.7. The summed E-state index contributed by atoms with van der Waals surface area (Å²) in [6, 6.07) is 13.9. The first kappa shape index (κ1) is 14.3. The number of para-hydroxylation sites is 1. The molecule has 4 nitrogen and oxygen atoms in total. The van der Waals surface area contributed by atoms with E-state index in [4.69, 9.17) is 11.6 Å². The van der Waals surface area contributed by atoms with Crippen LogP contribution in [0.5, 0.6) is 0 Å². The second-order valence-corrected chi connectivity index (χ2v) is 5.00. The van der Waals surface area contributed by atoms with Gasteiger partial charge in [0.2, 0.25) is 0 Å². The highest BCUT2D eigenvalue weighted by atomic mass is 35.5. The van der Waals surface area contributed by atoms with Gasteiger partial charge in [0, 0.05) is 5.56 Å². The molecule has 1 heterocycles. The summed E-state index contributed by atoms with van der Waals surface area (Å²) in [4.78, 5) is 11.4. The lowest BCUT2D eigenvalue weighted by Gasteiger charge is -2.06. The van der Waals surface area contributed by atoms with E-state index >= 15 is 0 Å². The number of carboxylic acids is 1. The van der Waals surface area contributed by atoms with Gasteiger partial charge in [0.15, 0.2) is 5.69 Å². The van der Waals surface area contributed by atoms with Gasteiger partial charge >= 0.3 is 5.97 Å². The predicted molar refractivity (Wildman–Crippen MR) is 80.9 cm³/mol. The molecule has 6 heteroatoms. The summed E-state index contributed by atoms with van der Waals surface area (Å²) in [6.07, 6.45) is 0. The molecule has 0 bridgehead atoms. The number of carboxylic acid groups (broad SMARTS) is 1. The maximum Gasteiger partial charge on any atom is 0.354 e. The van der Waals surface area contributed by atoms with E-state index in [1.54, 1.807) is 36.4 Å². The van der Waals surface area contributed by atoms with Crippen molar-refractivity contribution in [2.24, 2.45) is 0 Å². The van der Waals surface area contributed by atoms with Gasteiger partial charge in [0.25, 0.3) is 0 Å². The van der Waals surface area contributed by atoms with Crippen LogP contribution >= 0.6 is 11.6 Å². The van der Waals surface area contributed by atoms with Crippen LogP contribution in [-0.4, -0.2) is 20.9 Å². The number of aromatic nitrogens is 2. The minimum absolute atomic E-state index is 0.0209. The van der Waals surface area contributed by atoms with Gasteiger partial charge in [0.05, 0.1) is 16.4 Å². The number of hydrogen-bond acceptors (Lipinski definition) is 2. The van der Waals surface area contributed by atoms with Crippen LogP contribution in [0.25, 0.3) is 16.9 Å². The normalized spacial score (nSPS) is 10.6. The highest BCUT2D eigenvalue weighted by molar-refractivity contribution is 6.32. The molecule has 0 atom stereocenters. The lowest BCUT2D eigenvalue weighted by atomic mass is 10.1. The van der Waals surface area contributed by atoms with Crippen molar-refractivity contribution in [1.29, 1.82) is 0 Å². The van der Waals surface area contributed by atoms with Crippen molar-refractivity contribution in [1.82, 2.24) is 9.78 Å². The van der Waals surface area contributed by atoms with Crippen molar-refractivity contribution in [2.75, 3.05) is 0 Å². The molecule has 1 N–H and O–H groups in total. The second kappa shape index (κ2) is 5.61. The summed E-state index contributed by atoms with van der Waals surface area (Å²) in [6.45, 7) is 0. The van der Waals surface area contributed by atoms with Gasteiger partial charge in [-0.05, 0) is 42.5 Å². The Morgan fingerprint density at radius 3 is 2.45 bits per heavy atom. The van der Waals surface area contributed by atoms with E-state index in [1.807, 2.05) is 0 Å². The van der Waals surface area contributed by atoms with Crippen LogP contribution in [0.4, 0.5) is 4.39 Å². The standard InChI is InChI=1S/C16H10ClFN2O2/c17-12-3-1-2-4-14(12)20-15(16(21)22)9-13(19-20)10-5-7-11(18)8-6-10/h1-9H,(H,21,22). The summed E-state index contributed by atoms with van der Waals surface area (Å²) in [5, 5.41) is 14.0. The SMILES string of the molecule is O=C(O)c1cc(-c2ccc(F)cc2)nn1-c1ccccc1Cl. The molecule has 0 saturated heterocycles. The fourth-order valence-corrected chi connectivity index (χ4v) is 2.32. The number of carbonyl (C=O) groups is 1. The maximum atomic E-state index is 13.0. The Balaban J connectivity index is 2.17. The zero-order valence-corrected chi connectivity index (χ0v) is 12.0. The van der Waals surface area contributed by atoms with Crippen LogP contribution in [0, 0.1) is 5.82 Å². The van der Waals surface area contributed by atoms with E-state index in [2.05, 4.69) is 5.10 Å². The molecule has 22 heavy (non-hydrogen) atoms. The molecule has 0 saturated carbocycles. The van der Waals surface area contributed by atoms with E-state index in [0.717, 1.165) is 0 Å². The largest absolute Gasteiger partial charge is 0.477 e. The Hall–Kier alpha value is -2.66. The molecule has 0 spiro atoms. The van der Waals surface area contributed by atoms with Crippen molar-refractivity contribution < 1.29 is 14.3 Å². The monoisotopic (exact) mass is 316 g/mol. The Morgan fingerprint density at radius 2 is 1.82 bits per heavy atom. The van der Waals surface area contributed by atoms with Crippen LogP contribution in [0.15, 0.2) is 54.6 Å². The van der Waals surface area contributed by atoms with Gasteiger partial charge in [-0.3, -0.25) is 0 Å². The summed E-state index contributed by atoms with van der Waals surface area (Å²) >= 11 is 6.11. The summed E-state index contributed by atoms with van der Waals surface area (Å²) in [5.74, 6) is -1.49. The van der Waals surface area contributed by atoms with Gasteiger partial charge in [-0.2, -0.15) is 5.10 Å². The molecular formula is C16H10ClFN2O2. The van der Waals surface area contributed by atoms with Crippen LogP contribution < -0.4 is 0 Å². The second-order valence-electron chi connectivity index (χ2n) is 4.59. The van der Waals surface area contributed by atoms with Crippen LogP contribution in [0.3, 0.4) is 0 Å². The molecule has 3 rings (SSSR count). The lowest BCUT2D eigenvalue weighted by Crippen LogP contribution is -2.08. The van der Waals surface area contributed by atoms with Gasteiger partial charge in [-0.25, -0.2) is 13.9 Å². The summed E-state index contributed by atoms with van der Waals surface area (Å²) in [7, 11) is 0. The fourth-order valence-electron chi connectivity index (χ4n) is 2.10. The molecular weight excluding hydrogens is 307 g/mol. The van der Waals surface area contributed by atoms with Crippen LogP contribution in [-0.2, 0) is 0 Å². The number of nitrogens with zero attached hydrogens (tertiary/aromatic N) is 2. The third-order valence-electron chi connectivity index (χ3n) is 3.15. The molecule has 2 aromatic carbocycles. The Kier molecular flexibility index (Phi) is 3.65. The topological polar surface area (TPSA) is 55.1 Å². The Morgan fingerprint density at radius 1 is 1.14 bits per heavy atom. The average molecular weight is 317 g/mol. The molecule has 0 fully saturated rings. The highest BCUT2D eigenvalue weighted by Gasteiger charge is 2.18. The number of halogens is 2. The summed E-state index contributed by atoms with van der Waals surface area (Å²) < 4.78 is 14.3. The van der Waals surface area contributed by atoms with E-state index < -0.39 is 5.97 Å². The van der Waals surface area contributed by atoms with Gasteiger partial charge in [-0.1, -0.05) is 23.7 Å². The van der Waals surface area contributed by atoms with E-state index in [-0.39, 0.29) is 11.5 Å². The third-order valence-corrected chi connectivity index (χ3v) is 3.47. The number of rotatable bonds is 3. The van der Waals surface area contributed by atoms with Crippen molar-refractivity contribution in [3.05, 3.63) is 71.1 Å². The molecule has 3 aromatic rings. The van der Waals surface area contributed by atoms with E-state index in [9.17, 15) is 14.3 Å². The predicted octanol–water partition coefficient (Wildman–Crippen LogP) is 4.03. The first-order valence-electron chi connectivity index (χ1n) is 6.40. The van der Waals surface area contributed by atoms with Crippen molar-refractivity contribution in [3.8, 4) is 16.9 Å². The maximum absolute atomic E-state index is 13.0. The highest BCUT2D eigenvalue weighted by Crippen LogP contribution is 2.25. The molecule has 0 aliphatic heterocycles. The molecule has 0 amide bonds. The van der Waals surface area contributed by atoms with Crippen molar-refractivity contribution >= 4 is 17.6 Å². The quantitative estimate of drug-likeness (QED) is 0.793. The van der Waals surface area contributed by atoms with E-state index in [0.29, 0.717) is 22.0 Å². The van der Waals surface area contributed by atoms with Crippen LogP contribution in [0.1, 0.15) is 10.5 Å². The van der Waals surface area contributed by atoms with Crippen molar-refractivity contribution in [2.45, 2.75) is 0 Å². The van der Waals surface area contributed by atoms with Crippen molar-refractivity contribution in [3.63, 3.8) is 0 Å². The molecule has 0 aliphatic rings. The zero-order valence-electron chi connectivity index (χ0n) is 11.2. The van der Waals surface area contributed by atoms with Crippen LogP contribution in [0.2, 0.25) is 5.02 Å². The van der Waals surface area contributed by atoms with Gasteiger partial charge < -0.3 is 5.11 Å². The number of benzene rings is 2. The Bertz CT molecular complexity index is 844. The fraction of sp³-hybridized carbons (Fsp3) is 0. The molecule has 0 aliphatic carbocycles. The third kappa shape index (κ3) is 2.58. The molecule has 110 valence electrons.